The molecule has 1 aliphatic carbocycles. The Bertz CT molecular complexity index is 521. The van der Waals surface area contributed by atoms with E-state index in [9.17, 15) is 4.79 Å². The fraction of sp³-hybridized carbons (Fsp3) is 0.471. The summed E-state index contributed by atoms with van der Waals surface area (Å²) in [6, 6.07) is 7.73. The second-order valence-electron chi connectivity index (χ2n) is 5.49. The fourth-order valence-corrected chi connectivity index (χ4v) is 2.53. The summed E-state index contributed by atoms with van der Waals surface area (Å²) in [5.41, 5.74) is 1.78. The predicted molar refractivity (Wildman–Crippen MR) is 83.0 cm³/mol. The summed E-state index contributed by atoms with van der Waals surface area (Å²) in [6.07, 6.45) is 4.50. The molecule has 1 unspecified atom stereocenters. The van der Waals surface area contributed by atoms with Crippen LogP contribution in [0.4, 0.5) is 0 Å². The first-order valence-corrected chi connectivity index (χ1v) is 7.38. The van der Waals surface area contributed by atoms with Crippen molar-refractivity contribution >= 4 is 11.5 Å². The van der Waals surface area contributed by atoms with E-state index in [4.69, 9.17) is 9.84 Å². The van der Waals surface area contributed by atoms with Gasteiger partial charge in [0.25, 0.3) is 0 Å². The van der Waals surface area contributed by atoms with Crippen LogP contribution in [-0.4, -0.2) is 30.8 Å². The van der Waals surface area contributed by atoms with Crippen molar-refractivity contribution in [1.82, 2.24) is 5.32 Å². The minimum Gasteiger partial charge on any atom is -0.496 e. The normalized spacial score (nSPS) is 16.4. The van der Waals surface area contributed by atoms with E-state index in [1.54, 1.807) is 13.2 Å². The Morgan fingerprint density at radius 3 is 2.81 bits per heavy atom. The molecule has 0 aliphatic heterocycles. The fourth-order valence-electron chi connectivity index (χ4n) is 2.53. The number of rotatable bonds is 7. The molecule has 0 spiro atoms. The van der Waals surface area contributed by atoms with Crippen molar-refractivity contribution in [3.8, 4) is 5.75 Å². The first-order chi connectivity index (χ1) is 10.2. The molecule has 0 radical (unpaired) electrons. The zero-order valence-electron chi connectivity index (χ0n) is 12.6. The van der Waals surface area contributed by atoms with E-state index in [1.807, 2.05) is 31.2 Å². The quantitative estimate of drug-likeness (QED) is 0.758. The molecule has 4 heteroatoms. The average Bonchev–Trinajstić information content (AvgIpc) is 3.31. The Kier molecular flexibility index (Phi) is 5.39. The van der Waals surface area contributed by atoms with Crippen LogP contribution in [0.2, 0.25) is 0 Å². The number of carbonyl (C=O) groups is 1. The highest BCUT2D eigenvalue weighted by Gasteiger charge is 2.31. The number of benzene rings is 1. The number of aliphatic hydroxyl groups is 1. The van der Waals surface area contributed by atoms with Crippen LogP contribution >= 0.6 is 0 Å². The zero-order chi connectivity index (χ0) is 15.2. The molecule has 1 atom stereocenters. The maximum absolute atomic E-state index is 12.1. The SMILES string of the molecule is COc1ccccc1/C(C)=C/C(=O)NC(CCO)C1CC1. The molecule has 1 aliphatic rings. The Balaban J connectivity index is 2.05. The first kappa shape index (κ1) is 15.6. The molecule has 1 aromatic rings. The van der Waals surface area contributed by atoms with Crippen LogP contribution in [0, 0.1) is 5.92 Å². The summed E-state index contributed by atoms with van der Waals surface area (Å²) >= 11 is 0. The number of ether oxygens (including phenoxy) is 1. The van der Waals surface area contributed by atoms with E-state index in [0.717, 1.165) is 29.7 Å². The van der Waals surface area contributed by atoms with E-state index in [-0.39, 0.29) is 18.6 Å². The highest BCUT2D eigenvalue weighted by atomic mass is 16.5. The molecular weight excluding hydrogens is 266 g/mol. The Morgan fingerprint density at radius 2 is 2.19 bits per heavy atom. The molecule has 1 saturated carbocycles. The molecular formula is C17H23NO3. The van der Waals surface area contributed by atoms with Crippen LogP contribution < -0.4 is 10.1 Å². The lowest BCUT2D eigenvalue weighted by atomic mass is 10.1. The third-order valence-corrected chi connectivity index (χ3v) is 3.84. The van der Waals surface area contributed by atoms with Crippen LogP contribution in [0.3, 0.4) is 0 Å². The Labute approximate surface area is 125 Å². The number of carbonyl (C=O) groups excluding carboxylic acids is 1. The summed E-state index contributed by atoms with van der Waals surface area (Å²) in [5.74, 6) is 1.18. The minimum atomic E-state index is -0.108. The first-order valence-electron chi connectivity index (χ1n) is 7.38. The summed E-state index contributed by atoms with van der Waals surface area (Å²) in [5, 5.41) is 12.1. The van der Waals surface area contributed by atoms with Gasteiger partial charge in [-0.25, -0.2) is 0 Å². The molecule has 0 heterocycles. The largest absolute Gasteiger partial charge is 0.496 e. The third kappa shape index (κ3) is 4.33. The van der Waals surface area contributed by atoms with Gasteiger partial charge < -0.3 is 15.2 Å². The van der Waals surface area contributed by atoms with Gasteiger partial charge in [0.2, 0.25) is 5.91 Å². The van der Waals surface area contributed by atoms with Gasteiger partial charge in [0.1, 0.15) is 5.75 Å². The molecule has 0 bridgehead atoms. The predicted octanol–water partition coefficient (Wildman–Crippen LogP) is 2.38. The number of hydrogen-bond donors (Lipinski definition) is 2. The van der Waals surface area contributed by atoms with Crippen LogP contribution in [0.25, 0.3) is 5.57 Å². The Hall–Kier alpha value is -1.81. The van der Waals surface area contributed by atoms with Gasteiger partial charge >= 0.3 is 0 Å². The van der Waals surface area contributed by atoms with Gasteiger partial charge in [0, 0.05) is 24.3 Å². The third-order valence-electron chi connectivity index (χ3n) is 3.84. The van der Waals surface area contributed by atoms with Gasteiger partial charge in [-0.15, -0.1) is 0 Å². The number of allylic oxidation sites excluding steroid dienone is 1. The summed E-state index contributed by atoms with van der Waals surface area (Å²) in [6.45, 7) is 2.01. The second kappa shape index (κ2) is 7.27. The van der Waals surface area contributed by atoms with E-state index in [0.29, 0.717) is 12.3 Å². The molecule has 1 aromatic carbocycles. The van der Waals surface area contributed by atoms with Crippen molar-refractivity contribution in [2.45, 2.75) is 32.2 Å². The van der Waals surface area contributed by atoms with Crippen molar-refractivity contribution in [2.24, 2.45) is 5.92 Å². The number of hydrogen-bond acceptors (Lipinski definition) is 3. The van der Waals surface area contributed by atoms with E-state index in [1.165, 1.54) is 0 Å². The highest BCUT2D eigenvalue weighted by Crippen LogP contribution is 2.34. The van der Waals surface area contributed by atoms with Crippen molar-refractivity contribution in [3.63, 3.8) is 0 Å². The molecule has 2 rings (SSSR count). The summed E-state index contributed by atoms with van der Waals surface area (Å²) in [4.78, 5) is 12.1. The van der Waals surface area contributed by atoms with Crippen LogP contribution in [0.1, 0.15) is 31.7 Å². The molecule has 0 aromatic heterocycles. The highest BCUT2D eigenvalue weighted by molar-refractivity contribution is 5.95. The topological polar surface area (TPSA) is 58.6 Å². The lowest BCUT2D eigenvalue weighted by Crippen LogP contribution is -2.36. The van der Waals surface area contributed by atoms with Crippen molar-refractivity contribution < 1.29 is 14.6 Å². The molecule has 4 nitrogen and oxygen atoms in total. The Morgan fingerprint density at radius 1 is 1.48 bits per heavy atom. The maximum Gasteiger partial charge on any atom is 0.244 e. The van der Waals surface area contributed by atoms with Gasteiger partial charge in [-0.3, -0.25) is 4.79 Å². The number of aliphatic hydroxyl groups excluding tert-OH is 1. The summed E-state index contributed by atoms with van der Waals surface area (Å²) in [7, 11) is 1.62. The second-order valence-corrected chi connectivity index (χ2v) is 5.49. The molecule has 0 saturated heterocycles. The minimum absolute atomic E-state index is 0.0872. The van der Waals surface area contributed by atoms with Crippen molar-refractivity contribution in [2.75, 3.05) is 13.7 Å². The standard InChI is InChI=1S/C17H23NO3/c1-12(14-5-3-4-6-16(14)21-2)11-17(20)18-15(9-10-19)13-7-8-13/h3-6,11,13,15,19H,7-10H2,1-2H3,(H,18,20)/b12-11+. The number of para-hydroxylation sites is 1. The molecule has 114 valence electrons. The van der Waals surface area contributed by atoms with Gasteiger partial charge in [0.15, 0.2) is 0 Å². The van der Waals surface area contributed by atoms with Gasteiger partial charge in [-0.2, -0.15) is 0 Å². The van der Waals surface area contributed by atoms with E-state index >= 15 is 0 Å². The van der Waals surface area contributed by atoms with Crippen molar-refractivity contribution in [3.05, 3.63) is 35.9 Å². The van der Waals surface area contributed by atoms with Gasteiger partial charge in [-0.1, -0.05) is 18.2 Å². The van der Waals surface area contributed by atoms with Gasteiger partial charge in [0.05, 0.1) is 7.11 Å². The monoisotopic (exact) mass is 289 g/mol. The van der Waals surface area contributed by atoms with E-state index in [2.05, 4.69) is 5.32 Å². The molecule has 2 N–H and O–H groups in total. The molecule has 1 amide bonds. The summed E-state index contributed by atoms with van der Waals surface area (Å²) < 4.78 is 5.31. The van der Waals surface area contributed by atoms with E-state index < -0.39 is 0 Å². The lowest BCUT2D eigenvalue weighted by molar-refractivity contribution is -0.117. The van der Waals surface area contributed by atoms with Gasteiger partial charge in [-0.05, 0) is 43.7 Å². The van der Waals surface area contributed by atoms with Crippen LogP contribution in [0.5, 0.6) is 5.75 Å². The smallest absolute Gasteiger partial charge is 0.244 e. The zero-order valence-corrected chi connectivity index (χ0v) is 12.6. The lowest BCUT2D eigenvalue weighted by Gasteiger charge is -2.16. The number of methoxy groups -OCH3 is 1. The van der Waals surface area contributed by atoms with Crippen LogP contribution in [-0.2, 0) is 4.79 Å². The maximum atomic E-state index is 12.1. The number of amides is 1. The number of nitrogens with one attached hydrogen (secondary N) is 1. The van der Waals surface area contributed by atoms with Crippen molar-refractivity contribution in [1.29, 1.82) is 0 Å². The average molecular weight is 289 g/mol. The molecule has 1 fully saturated rings. The van der Waals surface area contributed by atoms with Crippen LogP contribution in [0.15, 0.2) is 30.3 Å². The molecule has 21 heavy (non-hydrogen) atoms.